The molecule has 2 atom stereocenters. The molecule has 0 bridgehead atoms. The van der Waals surface area contributed by atoms with Crippen molar-refractivity contribution in [2.24, 2.45) is 5.73 Å². The summed E-state index contributed by atoms with van der Waals surface area (Å²) in [6, 6.07) is 13.3. The van der Waals surface area contributed by atoms with E-state index in [1.165, 1.54) is 25.2 Å². The number of halogens is 3. The van der Waals surface area contributed by atoms with E-state index in [-0.39, 0.29) is 12.8 Å². The second-order valence-electron chi connectivity index (χ2n) is 9.67. The van der Waals surface area contributed by atoms with Crippen molar-refractivity contribution in [3.8, 4) is 0 Å². The van der Waals surface area contributed by atoms with Crippen LogP contribution in [-0.4, -0.2) is 46.8 Å². The zero-order chi connectivity index (χ0) is 28.4. The first-order valence-corrected chi connectivity index (χ1v) is 12.9. The van der Waals surface area contributed by atoms with Gasteiger partial charge in [-0.2, -0.15) is 13.2 Å². The van der Waals surface area contributed by atoms with Crippen molar-refractivity contribution in [2.75, 3.05) is 0 Å². The van der Waals surface area contributed by atoms with E-state index in [2.05, 4.69) is 15.6 Å². The van der Waals surface area contributed by atoms with Crippen molar-refractivity contribution in [3.05, 3.63) is 71.2 Å². The van der Waals surface area contributed by atoms with Gasteiger partial charge in [0, 0.05) is 34.6 Å². The lowest BCUT2D eigenvalue weighted by atomic mass is 10.0. The van der Waals surface area contributed by atoms with Gasteiger partial charge in [0.05, 0.1) is 5.54 Å². The van der Waals surface area contributed by atoms with E-state index in [4.69, 9.17) is 10.5 Å². The summed E-state index contributed by atoms with van der Waals surface area (Å²) in [5, 5.41) is 8.40. The first kappa shape index (κ1) is 28.1. The minimum Gasteiger partial charge on any atom is -0.435 e. The highest BCUT2D eigenvalue weighted by molar-refractivity contribution is 7.17. The number of H-pyrrole nitrogens is 1. The van der Waals surface area contributed by atoms with Crippen molar-refractivity contribution in [1.82, 2.24) is 15.6 Å². The van der Waals surface area contributed by atoms with Gasteiger partial charge in [-0.15, -0.1) is 11.3 Å². The average Bonchev–Trinajstić information content (AvgIpc) is 3.46. The molecule has 0 radical (unpaired) electrons. The molecular weight excluding hydrogens is 533 g/mol. The molecule has 8 nitrogen and oxygen atoms in total. The number of amides is 2. The number of benzene rings is 2. The quantitative estimate of drug-likeness (QED) is 0.182. The van der Waals surface area contributed by atoms with E-state index in [1.807, 2.05) is 29.6 Å². The number of para-hydroxylation sites is 1. The molecule has 2 heterocycles. The first-order chi connectivity index (χ1) is 18.3. The molecule has 2 aromatic heterocycles. The van der Waals surface area contributed by atoms with Crippen LogP contribution in [0.1, 0.15) is 25.0 Å². The molecule has 2 amide bonds. The van der Waals surface area contributed by atoms with Crippen LogP contribution in [0.3, 0.4) is 0 Å². The van der Waals surface area contributed by atoms with E-state index >= 15 is 0 Å². The standard InChI is InChI=1S/C27H27F3N4O4S/c1-26(2,31)24(36)33-20(11-16-14-39-21-10-6-4-8-18(16)21)23(35)34-22(38-25(37)27(28,29)30)12-15-13-32-19-9-5-3-7-17(15)19/h3-10,13-14,20,22,32H,11-12,31H2,1-2H3,(H,33,36)(H,34,35)/t20-,22-/m1/s1. The number of alkyl halides is 3. The number of nitrogens with one attached hydrogen (secondary N) is 3. The van der Waals surface area contributed by atoms with E-state index < -0.39 is 41.8 Å². The summed E-state index contributed by atoms with van der Waals surface area (Å²) in [5.41, 5.74) is 6.58. The number of hydrogen-bond donors (Lipinski definition) is 4. The number of ether oxygens (including phenoxy) is 1. The van der Waals surface area contributed by atoms with Gasteiger partial charge in [-0.05, 0) is 47.9 Å². The molecule has 2 aromatic carbocycles. The fourth-order valence-electron chi connectivity index (χ4n) is 4.04. The summed E-state index contributed by atoms with van der Waals surface area (Å²) in [7, 11) is 0. The van der Waals surface area contributed by atoms with E-state index in [1.54, 1.807) is 30.5 Å². The third-order valence-electron chi connectivity index (χ3n) is 6.06. The minimum absolute atomic E-state index is 0.0324. The number of nitrogens with two attached hydrogens (primary N) is 1. The fourth-order valence-corrected chi connectivity index (χ4v) is 5.02. The molecule has 0 unspecified atom stereocenters. The highest BCUT2D eigenvalue weighted by atomic mass is 32.1. The minimum atomic E-state index is -5.27. The Kier molecular flexibility index (Phi) is 7.98. The smallest absolute Gasteiger partial charge is 0.435 e. The molecule has 0 saturated heterocycles. The van der Waals surface area contributed by atoms with Crippen LogP contribution in [0.25, 0.3) is 21.0 Å². The Morgan fingerprint density at radius 3 is 2.33 bits per heavy atom. The summed E-state index contributed by atoms with van der Waals surface area (Å²) in [6.07, 6.45) is -5.59. The molecule has 206 valence electrons. The van der Waals surface area contributed by atoms with Crippen LogP contribution in [0.15, 0.2) is 60.1 Å². The van der Waals surface area contributed by atoms with Crippen molar-refractivity contribution in [3.63, 3.8) is 0 Å². The van der Waals surface area contributed by atoms with Crippen LogP contribution < -0.4 is 16.4 Å². The Labute approximate surface area is 225 Å². The molecule has 0 fully saturated rings. The Bertz CT molecular complexity index is 1510. The van der Waals surface area contributed by atoms with Gasteiger partial charge in [0.25, 0.3) is 0 Å². The number of hydrogen-bond acceptors (Lipinski definition) is 6. The highest BCUT2D eigenvalue weighted by Gasteiger charge is 2.43. The van der Waals surface area contributed by atoms with Gasteiger partial charge in [0.15, 0.2) is 6.23 Å². The predicted octanol–water partition coefficient (Wildman–Crippen LogP) is 3.94. The normalized spacial score (nSPS) is 13.7. The lowest BCUT2D eigenvalue weighted by Gasteiger charge is -2.26. The molecule has 4 aromatic rings. The largest absolute Gasteiger partial charge is 0.491 e. The SMILES string of the molecule is CC(C)(N)C(=O)N[C@H](Cc1csc2ccccc12)C(=O)N[C@@H](Cc1c[nH]c2ccccc12)OC(=O)C(F)(F)F. The van der Waals surface area contributed by atoms with Crippen LogP contribution in [0.4, 0.5) is 13.2 Å². The molecule has 0 saturated carbocycles. The summed E-state index contributed by atoms with van der Waals surface area (Å²) >= 11 is 1.45. The maximum atomic E-state index is 13.5. The Morgan fingerprint density at radius 1 is 0.974 bits per heavy atom. The topological polar surface area (TPSA) is 126 Å². The lowest BCUT2D eigenvalue weighted by molar-refractivity contribution is -0.206. The number of esters is 1. The maximum absolute atomic E-state index is 13.5. The number of rotatable bonds is 9. The first-order valence-electron chi connectivity index (χ1n) is 12.0. The third kappa shape index (κ3) is 6.76. The van der Waals surface area contributed by atoms with Gasteiger partial charge in [-0.3, -0.25) is 9.59 Å². The van der Waals surface area contributed by atoms with Crippen LogP contribution in [0.2, 0.25) is 0 Å². The summed E-state index contributed by atoms with van der Waals surface area (Å²) in [4.78, 5) is 40.9. The summed E-state index contributed by atoms with van der Waals surface area (Å²) in [5.74, 6) is -3.91. The second kappa shape index (κ2) is 11.1. The Morgan fingerprint density at radius 2 is 1.64 bits per heavy atom. The third-order valence-corrected chi connectivity index (χ3v) is 7.07. The number of aromatic nitrogens is 1. The van der Waals surface area contributed by atoms with E-state index in [9.17, 15) is 27.6 Å². The molecular formula is C27H27F3N4O4S. The predicted molar refractivity (Wildman–Crippen MR) is 142 cm³/mol. The Hall–Kier alpha value is -3.90. The number of thiophene rings is 1. The van der Waals surface area contributed by atoms with E-state index in [0.29, 0.717) is 10.9 Å². The molecule has 5 N–H and O–H groups in total. The van der Waals surface area contributed by atoms with Crippen LogP contribution in [-0.2, 0) is 32.0 Å². The molecule has 0 aliphatic rings. The van der Waals surface area contributed by atoms with Crippen molar-refractivity contribution in [1.29, 1.82) is 0 Å². The number of carbonyl (C=O) groups excluding carboxylic acids is 3. The van der Waals surface area contributed by atoms with Gasteiger partial charge >= 0.3 is 12.1 Å². The number of carbonyl (C=O) groups is 3. The molecule has 0 aliphatic carbocycles. The molecule has 4 rings (SSSR count). The number of fused-ring (bicyclic) bond motifs is 2. The highest BCUT2D eigenvalue weighted by Crippen LogP contribution is 2.27. The molecule has 12 heteroatoms. The number of aromatic amines is 1. The van der Waals surface area contributed by atoms with Crippen LogP contribution in [0, 0.1) is 0 Å². The van der Waals surface area contributed by atoms with Gasteiger partial charge < -0.3 is 26.1 Å². The van der Waals surface area contributed by atoms with Gasteiger partial charge in [0.2, 0.25) is 11.8 Å². The summed E-state index contributed by atoms with van der Waals surface area (Å²) in [6.45, 7) is 2.92. The Balaban J connectivity index is 1.62. The summed E-state index contributed by atoms with van der Waals surface area (Å²) < 4.78 is 44.9. The zero-order valence-electron chi connectivity index (χ0n) is 21.1. The van der Waals surface area contributed by atoms with E-state index in [0.717, 1.165) is 21.2 Å². The maximum Gasteiger partial charge on any atom is 0.491 e. The molecule has 0 spiro atoms. The van der Waals surface area contributed by atoms with Crippen molar-refractivity contribution in [2.45, 2.75) is 50.7 Å². The van der Waals surface area contributed by atoms with Gasteiger partial charge in [-0.1, -0.05) is 36.4 Å². The fraction of sp³-hybridized carbons (Fsp3) is 0.296. The van der Waals surface area contributed by atoms with Crippen LogP contribution in [0.5, 0.6) is 0 Å². The average molecular weight is 561 g/mol. The zero-order valence-corrected chi connectivity index (χ0v) is 21.9. The second-order valence-corrected chi connectivity index (χ2v) is 10.6. The lowest BCUT2D eigenvalue weighted by Crippen LogP contribution is -2.58. The van der Waals surface area contributed by atoms with Crippen LogP contribution >= 0.6 is 11.3 Å². The van der Waals surface area contributed by atoms with Gasteiger partial charge in [-0.25, -0.2) is 4.79 Å². The molecule has 0 aliphatic heterocycles. The monoisotopic (exact) mass is 560 g/mol. The van der Waals surface area contributed by atoms with Crippen molar-refractivity contribution < 1.29 is 32.3 Å². The molecule has 39 heavy (non-hydrogen) atoms. The van der Waals surface area contributed by atoms with Crippen molar-refractivity contribution >= 4 is 50.1 Å². The van der Waals surface area contributed by atoms with Gasteiger partial charge in [0.1, 0.15) is 6.04 Å².